The molecule has 0 atom stereocenters. The van der Waals surface area contributed by atoms with Crippen LogP contribution < -0.4 is 4.90 Å². The van der Waals surface area contributed by atoms with E-state index in [1.54, 1.807) is 34.1 Å². The van der Waals surface area contributed by atoms with Crippen molar-refractivity contribution >= 4 is 21.4 Å². The minimum absolute atomic E-state index is 0.0664. The number of carbonyl (C=O) groups is 1. The zero-order chi connectivity index (χ0) is 20.3. The van der Waals surface area contributed by atoms with Crippen molar-refractivity contribution in [2.45, 2.75) is 17.1 Å². The Labute approximate surface area is 161 Å². The maximum Gasteiger partial charge on any atom is 0.341 e. The van der Waals surface area contributed by atoms with E-state index in [-0.39, 0.29) is 31.1 Å². The van der Waals surface area contributed by atoms with Gasteiger partial charge in [0.25, 0.3) is 0 Å². The molecular weight excluding hydrogens is 393 g/mol. The number of amides is 1. The predicted octanol–water partition coefficient (Wildman–Crippen LogP) is 2.71. The van der Waals surface area contributed by atoms with Crippen LogP contribution in [-0.4, -0.2) is 51.2 Å². The molecule has 0 saturated carbocycles. The van der Waals surface area contributed by atoms with Crippen LogP contribution in [0.4, 0.5) is 18.9 Å². The summed E-state index contributed by atoms with van der Waals surface area (Å²) in [6.07, 6.45) is -0.0664. The van der Waals surface area contributed by atoms with Gasteiger partial charge in [0.05, 0.1) is 17.0 Å². The number of nitrogens with zero attached hydrogens (tertiary/aromatic N) is 2. The fourth-order valence-corrected chi connectivity index (χ4v) is 4.12. The van der Waals surface area contributed by atoms with E-state index in [0.717, 1.165) is 6.07 Å². The molecule has 28 heavy (non-hydrogen) atoms. The first-order valence-electron chi connectivity index (χ1n) is 8.68. The molecule has 1 aliphatic heterocycles. The lowest BCUT2D eigenvalue weighted by atomic mass is 10.1. The molecule has 0 N–H and O–H groups in total. The molecule has 0 aliphatic carbocycles. The molecular formula is C19H19F3N2O3S. The molecule has 1 fully saturated rings. The quantitative estimate of drug-likeness (QED) is 0.758. The summed E-state index contributed by atoms with van der Waals surface area (Å²) in [7, 11) is -4.73. The molecule has 0 spiro atoms. The highest BCUT2D eigenvalue weighted by Gasteiger charge is 2.31. The number of alkyl halides is 2. The lowest BCUT2D eigenvalue weighted by molar-refractivity contribution is -0.130. The number of benzene rings is 2. The topological polar surface area (TPSA) is 57.7 Å². The van der Waals surface area contributed by atoms with Crippen LogP contribution in [0.15, 0.2) is 53.4 Å². The summed E-state index contributed by atoms with van der Waals surface area (Å²) in [5, 5.41) is 0. The van der Waals surface area contributed by atoms with Crippen LogP contribution in [0, 0.1) is 5.82 Å². The van der Waals surface area contributed by atoms with E-state index in [1.165, 1.54) is 18.2 Å². The largest absolute Gasteiger partial charge is 0.367 e. The number of halogens is 3. The highest BCUT2D eigenvalue weighted by molar-refractivity contribution is 7.91. The van der Waals surface area contributed by atoms with Crippen LogP contribution in [0.5, 0.6) is 0 Å². The van der Waals surface area contributed by atoms with E-state index < -0.39 is 26.3 Å². The first-order chi connectivity index (χ1) is 13.3. The van der Waals surface area contributed by atoms with Crippen molar-refractivity contribution in [3.8, 4) is 0 Å². The van der Waals surface area contributed by atoms with Crippen LogP contribution in [0.25, 0.3) is 0 Å². The summed E-state index contributed by atoms with van der Waals surface area (Å²) in [4.78, 5) is 15.2. The van der Waals surface area contributed by atoms with Gasteiger partial charge in [0.1, 0.15) is 5.82 Å². The third-order valence-corrected chi connectivity index (χ3v) is 6.11. The Morgan fingerprint density at radius 2 is 1.57 bits per heavy atom. The smallest absolute Gasteiger partial charge is 0.341 e. The highest BCUT2D eigenvalue weighted by Crippen LogP contribution is 2.29. The SMILES string of the molecule is O=C(Cc1ccccc1F)N1CCN(c2ccccc2S(=O)(=O)C(F)F)CC1. The van der Waals surface area contributed by atoms with Crippen LogP contribution >= 0.6 is 0 Å². The Kier molecular flexibility index (Phi) is 5.93. The standard InChI is InChI=1S/C19H19F3N2O3S/c20-15-6-2-1-5-14(15)13-18(25)24-11-9-23(10-12-24)16-7-3-4-8-17(16)28(26,27)19(21)22/h1-8,19H,9-13H2. The Balaban J connectivity index is 1.70. The second kappa shape index (κ2) is 8.22. The van der Waals surface area contributed by atoms with Crippen molar-refractivity contribution in [3.63, 3.8) is 0 Å². The van der Waals surface area contributed by atoms with Crippen molar-refractivity contribution in [1.29, 1.82) is 0 Å². The maximum absolute atomic E-state index is 13.7. The van der Waals surface area contributed by atoms with Gasteiger partial charge >= 0.3 is 5.76 Å². The zero-order valence-electron chi connectivity index (χ0n) is 14.9. The van der Waals surface area contributed by atoms with Gasteiger partial charge in [-0.05, 0) is 23.8 Å². The summed E-state index contributed by atoms with van der Waals surface area (Å²) in [5.41, 5.74) is 0.507. The molecule has 0 bridgehead atoms. The van der Waals surface area contributed by atoms with Crippen LogP contribution in [0.3, 0.4) is 0 Å². The van der Waals surface area contributed by atoms with Gasteiger partial charge in [-0.3, -0.25) is 4.79 Å². The first-order valence-corrected chi connectivity index (χ1v) is 10.2. The Hall–Kier alpha value is -2.55. The molecule has 0 aromatic heterocycles. The summed E-state index contributed by atoms with van der Waals surface area (Å²) in [6, 6.07) is 11.7. The number of sulfone groups is 1. The second-order valence-corrected chi connectivity index (χ2v) is 8.30. The number of anilines is 1. The lowest BCUT2D eigenvalue weighted by Crippen LogP contribution is -2.49. The summed E-state index contributed by atoms with van der Waals surface area (Å²) in [6.45, 7) is 1.16. The second-order valence-electron chi connectivity index (χ2n) is 6.41. The minimum atomic E-state index is -4.73. The molecule has 2 aromatic rings. The van der Waals surface area contributed by atoms with Crippen LogP contribution in [-0.2, 0) is 21.1 Å². The van der Waals surface area contributed by atoms with E-state index in [1.807, 2.05) is 0 Å². The van der Waals surface area contributed by atoms with Crippen LogP contribution in [0.1, 0.15) is 5.56 Å². The average molecular weight is 412 g/mol. The van der Waals surface area contributed by atoms with Crippen molar-refractivity contribution in [2.75, 3.05) is 31.1 Å². The molecule has 150 valence electrons. The summed E-state index contributed by atoms with van der Waals surface area (Å²) < 4.78 is 63.5. The third kappa shape index (κ3) is 4.14. The Morgan fingerprint density at radius 1 is 0.964 bits per heavy atom. The monoisotopic (exact) mass is 412 g/mol. The van der Waals surface area contributed by atoms with E-state index in [2.05, 4.69) is 0 Å². The summed E-state index contributed by atoms with van der Waals surface area (Å²) >= 11 is 0. The highest BCUT2D eigenvalue weighted by atomic mass is 32.2. The van der Waals surface area contributed by atoms with E-state index in [4.69, 9.17) is 0 Å². The van der Waals surface area contributed by atoms with Gasteiger partial charge in [-0.2, -0.15) is 8.78 Å². The minimum Gasteiger partial charge on any atom is -0.367 e. The van der Waals surface area contributed by atoms with Gasteiger partial charge in [-0.25, -0.2) is 12.8 Å². The van der Waals surface area contributed by atoms with Crippen molar-refractivity contribution in [2.24, 2.45) is 0 Å². The number of para-hydroxylation sites is 1. The molecule has 0 unspecified atom stereocenters. The van der Waals surface area contributed by atoms with Gasteiger partial charge in [0.15, 0.2) is 0 Å². The number of piperazine rings is 1. The first kappa shape index (κ1) is 20.2. The normalized spacial score (nSPS) is 15.1. The molecule has 3 rings (SSSR count). The van der Waals surface area contributed by atoms with Crippen LogP contribution in [0.2, 0.25) is 0 Å². The molecule has 1 heterocycles. The fraction of sp³-hybridized carbons (Fsp3) is 0.316. The van der Waals surface area contributed by atoms with Gasteiger partial charge in [-0.1, -0.05) is 30.3 Å². The third-order valence-electron chi connectivity index (χ3n) is 4.68. The lowest BCUT2D eigenvalue weighted by Gasteiger charge is -2.37. The number of hydrogen-bond acceptors (Lipinski definition) is 4. The van der Waals surface area contributed by atoms with Gasteiger partial charge in [-0.15, -0.1) is 0 Å². The van der Waals surface area contributed by atoms with E-state index >= 15 is 0 Å². The van der Waals surface area contributed by atoms with Gasteiger partial charge < -0.3 is 9.80 Å². The molecule has 2 aromatic carbocycles. The van der Waals surface area contributed by atoms with Gasteiger partial charge in [0.2, 0.25) is 15.7 Å². The van der Waals surface area contributed by atoms with E-state index in [9.17, 15) is 26.4 Å². The predicted molar refractivity (Wildman–Crippen MR) is 98.5 cm³/mol. The fourth-order valence-electron chi connectivity index (χ4n) is 3.17. The molecule has 5 nitrogen and oxygen atoms in total. The molecule has 1 amide bonds. The number of hydrogen-bond donors (Lipinski definition) is 0. The zero-order valence-corrected chi connectivity index (χ0v) is 15.7. The van der Waals surface area contributed by atoms with Crippen molar-refractivity contribution in [1.82, 2.24) is 4.90 Å². The molecule has 9 heteroatoms. The number of rotatable bonds is 5. The molecule has 1 aliphatic rings. The average Bonchev–Trinajstić information content (AvgIpc) is 2.69. The Morgan fingerprint density at radius 3 is 2.21 bits per heavy atom. The summed E-state index contributed by atoms with van der Waals surface area (Å²) in [5.74, 6) is -4.18. The Bertz CT molecular complexity index is 958. The number of carbonyl (C=O) groups excluding carboxylic acids is 1. The maximum atomic E-state index is 13.7. The van der Waals surface area contributed by atoms with Crippen molar-refractivity contribution < 1.29 is 26.4 Å². The molecule has 1 saturated heterocycles. The molecule has 0 radical (unpaired) electrons. The van der Waals surface area contributed by atoms with E-state index in [0.29, 0.717) is 18.7 Å². The van der Waals surface area contributed by atoms with Crippen molar-refractivity contribution in [3.05, 3.63) is 59.9 Å². The van der Waals surface area contributed by atoms with Gasteiger partial charge in [0, 0.05) is 26.2 Å².